The van der Waals surface area contributed by atoms with Crippen molar-refractivity contribution in [3.63, 3.8) is 0 Å². The van der Waals surface area contributed by atoms with Crippen molar-refractivity contribution in [1.29, 1.82) is 0 Å². The number of hydrogen-bond donors (Lipinski definition) is 1. The van der Waals surface area contributed by atoms with Crippen LogP contribution in [0, 0.1) is 13.8 Å². The second-order valence-corrected chi connectivity index (χ2v) is 4.03. The molecule has 0 saturated carbocycles. The molecule has 0 amide bonds. The molecule has 76 valence electrons. The lowest BCUT2D eigenvalue weighted by Crippen LogP contribution is -2.29. The molecule has 0 radical (unpaired) electrons. The molecule has 1 unspecified atom stereocenters. The molecule has 1 aliphatic heterocycles. The minimum Gasteiger partial charge on any atom is -0.316 e. The number of hydrogen-bond acceptors (Lipinski definition) is 3. The number of aromatic nitrogens is 2. The smallest absolute Gasteiger partial charge is 0.0662 e. The zero-order valence-corrected chi connectivity index (χ0v) is 8.88. The third-order valence-electron chi connectivity index (χ3n) is 2.80. The molecule has 1 aromatic heterocycles. The van der Waals surface area contributed by atoms with Gasteiger partial charge in [-0.05, 0) is 33.2 Å². The topological polar surface area (TPSA) is 37.8 Å². The van der Waals surface area contributed by atoms with E-state index < -0.39 is 0 Å². The van der Waals surface area contributed by atoms with E-state index in [1.807, 2.05) is 13.1 Å². The molecule has 3 heteroatoms. The molecule has 3 nitrogen and oxygen atoms in total. The van der Waals surface area contributed by atoms with Crippen LogP contribution in [0.4, 0.5) is 0 Å². The SMILES string of the molecule is Cc1cnc(C)c(C2CCCNC2)n1. The van der Waals surface area contributed by atoms with Crippen LogP contribution in [0.3, 0.4) is 0 Å². The van der Waals surface area contributed by atoms with Gasteiger partial charge in [0.1, 0.15) is 0 Å². The first-order valence-electron chi connectivity index (χ1n) is 5.28. The lowest BCUT2D eigenvalue weighted by Gasteiger charge is -2.23. The number of rotatable bonds is 1. The van der Waals surface area contributed by atoms with Gasteiger partial charge in [0.25, 0.3) is 0 Å². The summed E-state index contributed by atoms with van der Waals surface area (Å²) >= 11 is 0. The normalized spacial score (nSPS) is 22.3. The van der Waals surface area contributed by atoms with Gasteiger partial charge in [-0.3, -0.25) is 9.97 Å². The Morgan fingerprint density at radius 3 is 3.00 bits per heavy atom. The Kier molecular flexibility index (Phi) is 2.77. The summed E-state index contributed by atoms with van der Waals surface area (Å²) in [5, 5.41) is 3.41. The standard InChI is InChI=1S/C11H17N3/c1-8-6-13-9(2)11(14-8)10-4-3-5-12-7-10/h6,10,12H,3-5,7H2,1-2H3. The highest BCUT2D eigenvalue weighted by Gasteiger charge is 2.18. The largest absolute Gasteiger partial charge is 0.316 e. The van der Waals surface area contributed by atoms with Crippen LogP contribution >= 0.6 is 0 Å². The zero-order chi connectivity index (χ0) is 9.97. The fourth-order valence-corrected chi connectivity index (χ4v) is 2.03. The minimum atomic E-state index is 0.566. The predicted octanol–water partition coefficient (Wildman–Crippen LogP) is 1.56. The Hall–Kier alpha value is -0.960. The Bertz CT molecular complexity index is 316. The van der Waals surface area contributed by atoms with Crippen molar-refractivity contribution in [1.82, 2.24) is 15.3 Å². The molecule has 0 spiro atoms. The van der Waals surface area contributed by atoms with Crippen LogP contribution in [0.25, 0.3) is 0 Å². The van der Waals surface area contributed by atoms with Crippen molar-refractivity contribution in [3.8, 4) is 0 Å². The van der Waals surface area contributed by atoms with Gasteiger partial charge in [-0.2, -0.15) is 0 Å². The number of nitrogens with one attached hydrogen (secondary N) is 1. The van der Waals surface area contributed by atoms with E-state index in [1.54, 1.807) is 0 Å². The fourth-order valence-electron chi connectivity index (χ4n) is 2.03. The van der Waals surface area contributed by atoms with Gasteiger partial charge < -0.3 is 5.32 Å². The van der Waals surface area contributed by atoms with E-state index in [1.165, 1.54) is 18.5 Å². The lowest BCUT2D eigenvalue weighted by molar-refractivity contribution is 0.451. The van der Waals surface area contributed by atoms with Gasteiger partial charge in [-0.1, -0.05) is 0 Å². The zero-order valence-electron chi connectivity index (χ0n) is 8.88. The summed E-state index contributed by atoms with van der Waals surface area (Å²) in [5.41, 5.74) is 3.30. The van der Waals surface area contributed by atoms with E-state index in [0.29, 0.717) is 5.92 Å². The summed E-state index contributed by atoms with van der Waals surface area (Å²) in [7, 11) is 0. The summed E-state index contributed by atoms with van der Waals surface area (Å²) < 4.78 is 0. The molecule has 1 aromatic rings. The molecule has 2 heterocycles. The van der Waals surface area contributed by atoms with Crippen molar-refractivity contribution < 1.29 is 0 Å². The minimum absolute atomic E-state index is 0.566. The van der Waals surface area contributed by atoms with E-state index in [9.17, 15) is 0 Å². The van der Waals surface area contributed by atoms with Crippen LogP contribution in [0.1, 0.15) is 35.8 Å². The summed E-state index contributed by atoms with van der Waals surface area (Å²) in [6.07, 6.45) is 4.33. The fraction of sp³-hybridized carbons (Fsp3) is 0.636. The van der Waals surface area contributed by atoms with E-state index in [-0.39, 0.29) is 0 Å². The highest BCUT2D eigenvalue weighted by molar-refractivity contribution is 5.17. The Morgan fingerprint density at radius 1 is 1.43 bits per heavy atom. The van der Waals surface area contributed by atoms with Gasteiger partial charge in [0.2, 0.25) is 0 Å². The average Bonchev–Trinajstić information content (AvgIpc) is 2.23. The van der Waals surface area contributed by atoms with Gasteiger partial charge in [0.15, 0.2) is 0 Å². The third kappa shape index (κ3) is 1.93. The number of piperidine rings is 1. The van der Waals surface area contributed by atoms with Gasteiger partial charge in [-0.25, -0.2) is 0 Å². The first kappa shape index (κ1) is 9.59. The molecule has 1 aliphatic rings. The van der Waals surface area contributed by atoms with Crippen molar-refractivity contribution in [2.45, 2.75) is 32.6 Å². The lowest BCUT2D eigenvalue weighted by atomic mass is 9.94. The van der Waals surface area contributed by atoms with Gasteiger partial charge in [-0.15, -0.1) is 0 Å². The molecular weight excluding hydrogens is 174 g/mol. The second kappa shape index (κ2) is 4.05. The first-order chi connectivity index (χ1) is 6.77. The number of aryl methyl sites for hydroxylation is 2. The third-order valence-corrected chi connectivity index (χ3v) is 2.80. The molecule has 0 bridgehead atoms. The van der Waals surface area contributed by atoms with Crippen molar-refractivity contribution in [2.24, 2.45) is 0 Å². The molecule has 14 heavy (non-hydrogen) atoms. The van der Waals surface area contributed by atoms with E-state index in [2.05, 4.69) is 22.2 Å². The molecule has 1 atom stereocenters. The quantitative estimate of drug-likeness (QED) is 0.732. The first-order valence-corrected chi connectivity index (χ1v) is 5.28. The molecule has 1 fully saturated rings. The van der Waals surface area contributed by atoms with Crippen molar-refractivity contribution >= 4 is 0 Å². The van der Waals surface area contributed by atoms with Crippen LogP contribution in [0.2, 0.25) is 0 Å². The van der Waals surface area contributed by atoms with Crippen molar-refractivity contribution in [3.05, 3.63) is 23.3 Å². The summed E-state index contributed by atoms with van der Waals surface area (Å²) in [6.45, 7) is 6.26. The van der Waals surface area contributed by atoms with Gasteiger partial charge in [0, 0.05) is 18.7 Å². The van der Waals surface area contributed by atoms with Crippen molar-refractivity contribution in [2.75, 3.05) is 13.1 Å². The van der Waals surface area contributed by atoms with E-state index in [0.717, 1.165) is 24.5 Å². The maximum atomic E-state index is 4.59. The molecule has 0 aliphatic carbocycles. The maximum Gasteiger partial charge on any atom is 0.0662 e. The van der Waals surface area contributed by atoms with Crippen LogP contribution in [-0.4, -0.2) is 23.1 Å². The van der Waals surface area contributed by atoms with Gasteiger partial charge in [0.05, 0.1) is 17.1 Å². The monoisotopic (exact) mass is 191 g/mol. The predicted molar refractivity (Wildman–Crippen MR) is 56.4 cm³/mol. The van der Waals surface area contributed by atoms with Crippen LogP contribution in [0.15, 0.2) is 6.20 Å². The number of nitrogens with zero attached hydrogens (tertiary/aromatic N) is 2. The highest BCUT2D eigenvalue weighted by Crippen LogP contribution is 2.23. The van der Waals surface area contributed by atoms with E-state index >= 15 is 0 Å². The van der Waals surface area contributed by atoms with E-state index in [4.69, 9.17) is 0 Å². The summed E-state index contributed by atoms with van der Waals surface area (Å²) in [6, 6.07) is 0. The summed E-state index contributed by atoms with van der Waals surface area (Å²) in [5.74, 6) is 0.566. The van der Waals surface area contributed by atoms with Gasteiger partial charge >= 0.3 is 0 Å². The van der Waals surface area contributed by atoms with Crippen LogP contribution in [0.5, 0.6) is 0 Å². The molecule has 0 aromatic carbocycles. The molecule has 1 N–H and O–H groups in total. The molecule has 2 rings (SSSR count). The maximum absolute atomic E-state index is 4.59. The van der Waals surface area contributed by atoms with Crippen LogP contribution < -0.4 is 5.32 Å². The Morgan fingerprint density at radius 2 is 2.29 bits per heavy atom. The highest BCUT2D eigenvalue weighted by atomic mass is 14.9. The average molecular weight is 191 g/mol. The second-order valence-electron chi connectivity index (χ2n) is 4.03. The Balaban J connectivity index is 2.24. The molecule has 1 saturated heterocycles. The summed E-state index contributed by atoms with van der Waals surface area (Å²) in [4.78, 5) is 8.96. The molecular formula is C11H17N3. The van der Waals surface area contributed by atoms with Crippen LogP contribution in [-0.2, 0) is 0 Å². The Labute approximate surface area is 85.0 Å².